The molecule has 2 aromatic carbocycles. The molecule has 0 atom stereocenters. The molecule has 31 heavy (non-hydrogen) atoms. The molecule has 166 valence electrons. The van der Waals surface area contributed by atoms with E-state index < -0.39 is 17.5 Å². The third-order valence-electron chi connectivity index (χ3n) is 5.38. The van der Waals surface area contributed by atoms with Crippen LogP contribution in [0, 0.1) is 11.6 Å². The lowest BCUT2D eigenvalue weighted by Gasteiger charge is -2.35. The first-order valence-electron chi connectivity index (χ1n) is 10.6. The summed E-state index contributed by atoms with van der Waals surface area (Å²) in [5.74, 6) is -2.44. The van der Waals surface area contributed by atoms with Gasteiger partial charge >= 0.3 is 0 Å². The Morgan fingerprint density at radius 1 is 1.00 bits per heavy atom. The number of halogens is 2. The van der Waals surface area contributed by atoms with Gasteiger partial charge in [0.25, 0.3) is 5.91 Å². The first kappa shape index (κ1) is 22.7. The molecule has 1 aliphatic heterocycles. The third kappa shape index (κ3) is 6.49. The van der Waals surface area contributed by atoms with Crippen molar-refractivity contribution in [1.82, 2.24) is 10.2 Å². The number of benzene rings is 2. The molecule has 0 aliphatic carbocycles. The van der Waals surface area contributed by atoms with Crippen molar-refractivity contribution in [3.63, 3.8) is 0 Å². The topological polar surface area (TPSA) is 64.7 Å². The van der Waals surface area contributed by atoms with E-state index in [2.05, 4.69) is 27.4 Å². The van der Waals surface area contributed by atoms with Crippen LogP contribution in [0.4, 0.5) is 20.2 Å². The molecule has 8 heteroatoms. The highest BCUT2D eigenvalue weighted by Gasteiger charge is 2.16. The summed E-state index contributed by atoms with van der Waals surface area (Å²) >= 11 is 0. The van der Waals surface area contributed by atoms with E-state index in [4.69, 9.17) is 0 Å². The van der Waals surface area contributed by atoms with E-state index >= 15 is 0 Å². The second-order valence-electron chi connectivity index (χ2n) is 7.50. The first-order chi connectivity index (χ1) is 15.0. The number of carbonyl (C=O) groups excluding carboxylic acids is 2. The molecule has 6 nitrogen and oxygen atoms in total. The van der Waals surface area contributed by atoms with Crippen LogP contribution in [0.25, 0.3) is 0 Å². The molecule has 0 saturated carbocycles. The number of nitrogens with one attached hydrogen (secondary N) is 2. The zero-order valence-electron chi connectivity index (χ0n) is 17.7. The zero-order valence-corrected chi connectivity index (χ0v) is 17.7. The molecule has 0 unspecified atom stereocenters. The average Bonchev–Trinajstić information content (AvgIpc) is 2.77. The largest absolute Gasteiger partial charge is 0.369 e. The summed E-state index contributed by atoms with van der Waals surface area (Å²) in [4.78, 5) is 28.8. The number of amides is 2. The Balaban J connectivity index is 1.38. The standard InChI is InChI=1S/C23H28F2N4O2/c1-2-28-12-14-29(15-13-28)19-8-6-18(7-9-19)27-22(30)4-3-11-26-23(31)20-10-5-17(24)16-21(20)25/h5-10,16H,2-4,11-15H2,1H3,(H,26,31)(H,27,30). The number of hydrogen-bond acceptors (Lipinski definition) is 4. The van der Waals surface area contributed by atoms with E-state index in [9.17, 15) is 18.4 Å². The molecule has 1 heterocycles. The number of piperazine rings is 1. The van der Waals surface area contributed by atoms with E-state index in [1.54, 1.807) is 0 Å². The van der Waals surface area contributed by atoms with E-state index in [1.165, 1.54) is 0 Å². The lowest BCUT2D eigenvalue weighted by atomic mass is 10.2. The highest BCUT2D eigenvalue weighted by atomic mass is 19.1. The number of hydrogen-bond donors (Lipinski definition) is 2. The van der Waals surface area contributed by atoms with E-state index in [-0.39, 0.29) is 24.4 Å². The Labute approximate surface area is 181 Å². The van der Waals surface area contributed by atoms with Crippen LogP contribution in [0.5, 0.6) is 0 Å². The van der Waals surface area contributed by atoms with Gasteiger partial charge in [-0.25, -0.2) is 8.78 Å². The van der Waals surface area contributed by atoms with Crippen molar-refractivity contribution in [1.29, 1.82) is 0 Å². The number of anilines is 2. The lowest BCUT2D eigenvalue weighted by Crippen LogP contribution is -2.46. The minimum atomic E-state index is -0.911. The maximum atomic E-state index is 13.6. The van der Waals surface area contributed by atoms with Crippen LogP contribution in [-0.2, 0) is 4.79 Å². The average molecular weight is 430 g/mol. The van der Waals surface area contributed by atoms with Crippen molar-refractivity contribution in [3.05, 3.63) is 59.7 Å². The summed E-state index contributed by atoms with van der Waals surface area (Å²) in [5, 5.41) is 5.38. The smallest absolute Gasteiger partial charge is 0.254 e. The second kappa shape index (κ2) is 10.9. The fraction of sp³-hybridized carbons (Fsp3) is 0.391. The van der Waals surface area contributed by atoms with Crippen molar-refractivity contribution in [2.45, 2.75) is 19.8 Å². The second-order valence-corrected chi connectivity index (χ2v) is 7.50. The summed E-state index contributed by atoms with van der Waals surface area (Å²) in [5.41, 5.74) is 1.64. The van der Waals surface area contributed by atoms with Crippen LogP contribution in [0.1, 0.15) is 30.1 Å². The minimum Gasteiger partial charge on any atom is -0.369 e. The van der Waals surface area contributed by atoms with Gasteiger partial charge in [0, 0.05) is 56.6 Å². The molecule has 0 radical (unpaired) electrons. The summed E-state index contributed by atoms with van der Waals surface area (Å²) in [6.45, 7) is 7.56. The van der Waals surface area contributed by atoms with Crippen LogP contribution in [0.15, 0.2) is 42.5 Å². The number of carbonyl (C=O) groups is 2. The fourth-order valence-corrected chi connectivity index (χ4v) is 3.52. The van der Waals surface area contributed by atoms with Gasteiger partial charge in [-0.2, -0.15) is 0 Å². The third-order valence-corrected chi connectivity index (χ3v) is 5.38. The van der Waals surface area contributed by atoms with Crippen molar-refractivity contribution in [2.24, 2.45) is 0 Å². The summed E-state index contributed by atoms with van der Waals surface area (Å²) in [6, 6.07) is 10.6. The van der Waals surface area contributed by atoms with Gasteiger partial charge in [0.1, 0.15) is 11.6 Å². The molecule has 2 N–H and O–H groups in total. The molecule has 1 fully saturated rings. The molecule has 0 aromatic heterocycles. The van der Waals surface area contributed by atoms with Gasteiger partial charge in [-0.15, -0.1) is 0 Å². The normalized spacial score (nSPS) is 14.4. The van der Waals surface area contributed by atoms with Gasteiger partial charge in [0.2, 0.25) is 5.91 Å². The van der Waals surface area contributed by atoms with E-state index in [0.29, 0.717) is 12.5 Å². The Hall–Kier alpha value is -3.00. The molecule has 0 bridgehead atoms. The maximum Gasteiger partial charge on any atom is 0.254 e. The highest BCUT2D eigenvalue weighted by Crippen LogP contribution is 2.19. The van der Waals surface area contributed by atoms with Gasteiger partial charge in [0.15, 0.2) is 0 Å². The number of likely N-dealkylation sites (N-methyl/N-ethyl adjacent to an activating group) is 1. The molecular formula is C23H28F2N4O2. The molecule has 1 aliphatic rings. The van der Waals surface area contributed by atoms with Gasteiger partial charge < -0.3 is 20.4 Å². The Morgan fingerprint density at radius 2 is 1.71 bits per heavy atom. The SMILES string of the molecule is CCN1CCN(c2ccc(NC(=O)CCCNC(=O)c3ccc(F)cc3F)cc2)CC1. The molecule has 0 spiro atoms. The van der Waals surface area contributed by atoms with Gasteiger partial charge in [-0.3, -0.25) is 9.59 Å². The molecular weight excluding hydrogens is 402 g/mol. The van der Waals surface area contributed by atoms with Gasteiger partial charge in [-0.1, -0.05) is 6.92 Å². The van der Waals surface area contributed by atoms with Crippen molar-refractivity contribution >= 4 is 23.2 Å². The zero-order chi connectivity index (χ0) is 22.2. The Morgan fingerprint density at radius 3 is 2.35 bits per heavy atom. The highest BCUT2D eigenvalue weighted by molar-refractivity contribution is 5.94. The fourth-order valence-electron chi connectivity index (χ4n) is 3.52. The van der Waals surface area contributed by atoms with Crippen molar-refractivity contribution in [2.75, 3.05) is 49.5 Å². The van der Waals surface area contributed by atoms with Crippen LogP contribution in [-0.4, -0.2) is 56.0 Å². The summed E-state index contributed by atoms with van der Waals surface area (Å²) in [7, 11) is 0. The van der Waals surface area contributed by atoms with Crippen LogP contribution >= 0.6 is 0 Å². The first-order valence-corrected chi connectivity index (χ1v) is 10.6. The Bertz CT molecular complexity index is 897. The maximum absolute atomic E-state index is 13.6. The van der Waals surface area contributed by atoms with Crippen LogP contribution < -0.4 is 15.5 Å². The minimum absolute atomic E-state index is 0.161. The van der Waals surface area contributed by atoms with Crippen molar-refractivity contribution in [3.8, 4) is 0 Å². The summed E-state index contributed by atoms with van der Waals surface area (Å²) < 4.78 is 26.5. The number of rotatable bonds is 8. The van der Waals surface area contributed by atoms with Crippen molar-refractivity contribution < 1.29 is 18.4 Å². The quantitative estimate of drug-likeness (QED) is 0.631. The number of nitrogens with zero attached hydrogens (tertiary/aromatic N) is 2. The molecule has 1 saturated heterocycles. The van der Waals surface area contributed by atoms with Crippen LogP contribution in [0.2, 0.25) is 0 Å². The van der Waals surface area contributed by atoms with Gasteiger partial charge in [-0.05, 0) is 49.4 Å². The lowest BCUT2D eigenvalue weighted by molar-refractivity contribution is -0.116. The predicted octanol–water partition coefficient (Wildman–Crippen LogP) is 3.26. The van der Waals surface area contributed by atoms with Crippen LogP contribution in [0.3, 0.4) is 0 Å². The van der Waals surface area contributed by atoms with E-state index in [1.807, 2.05) is 24.3 Å². The molecule has 2 amide bonds. The predicted molar refractivity (Wildman–Crippen MR) is 117 cm³/mol. The van der Waals surface area contributed by atoms with E-state index in [0.717, 1.165) is 56.2 Å². The van der Waals surface area contributed by atoms with Gasteiger partial charge in [0.05, 0.1) is 5.56 Å². The molecule has 3 rings (SSSR count). The summed E-state index contributed by atoms with van der Waals surface area (Å²) in [6.07, 6.45) is 0.618. The monoisotopic (exact) mass is 430 g/mol. The Kier molecular flexibility index (Phi) is 7.94. The molecule has 2 aromatic rings.